The van der Waals surface area contributed by atoms with Gasteiger partial charge in [-0.25, -0.2) is 18.5 Å². The van der Waals surface area contributed by atoms with Crippen LogP contribution in [0.1, 0.15) is 11.9 Å². The Labute approximate surface area is 244 Å². The highest BCUT2D eigenvalue weighted by atomic mass is 32.7. The van der Waals surface area contributed by atoms with Crippen LogP contribution in [-0.4, -0.2) is 60.7 Å². The topological polar surface area (TPSA) is 188 Å². The lowest BCUT2D eigenvalue weighted by atomic mass is 10.1. The van der Waals surface area contributed by atoms with Gasteiger partial charge in [-0.1, -0.05) is 24.5 Å². The maximum atomic E-state index is 15.8. The summed E-state index contributed by atoms with van der Waals surface area (Å²) in [4.78, 5) is 27.6. The number of anilines is 1. The van der Waals surface area contributed by atoms with E-state index in [0.717, 1.165) is 10.4 Å². The van der Waals surface area contributed by atoms with Crippen molar-refractivity contribution >= 4 is 66.5 Å². The summed E-state index contributed by atoms with van der Waals surface area (Å²) in [5.41, 5.74) is 7.94. The molecule has 1 fully saturated rings. The Hall–Kier alpha value is -2.05. The lowest BCUT2D eigenvalue weighted by Gasteiger charge is -2.24. The highest BCUT2D eigenvalue weighted by Crippen LogP contribution is 2.58. The first-order valence-electron chi connectivity index (χ1n) is 11.9. The molecule has 3 N–H and O–H groups in total. The number of nitrogens with one attached hydrogen (secondary N) is 1. The van der Waals surface area contributed by atoms with Crippen molar-refractivity contribution in [2.45, 2.75) is 37.8 Å². The van der Waals surface area contributed by atoms with E-state index in [1.807, 2.05) is 0 Å². The summed E-state index contributed by atoms with van der Waals surface area (Å²) in [5, 5.41) is 0. The van der Waals surface area contributed by atoms with E-state index >= 15 is 4.39 Å². The summed E-state index contributed by atoms with van der Waals surface area (Å²) in [6, 6.07) is 1.79. The first kappa shape index (κ1) is 29.0. The van der Waals surface area contributed by atoms with Crippen molar-refractivity contribution in [3.05, 3.63) is 46.3 Å². The number of aromatic nitrogens is 6. The van der Waals surface area contributed by atoms with Crippen LogP contribution >= 0.6 is 49.4 Å². The maximum Gasteiger partial charge on any atom is 0.387 e. The zero-order chi connectivity index (χ0) is 28.9. The van der Waals surface area contributed by atoms with Gasteiger partial charge in [0.15, 0.2) is 23.6 Å². The van der Waals surface area contributed by atoms with Crippen LogP contribution in [0.5, 0.6) is 0 Å². The van der Waals surface area contributed by atoms with Gasteiger partial charge < -0.3 is 15.0 Å². The molecule has 21 heteroatoms. The number of H-pyrrole nitrogens is 1. The third-order valence-corrected chi connectivity index (χ3v) is 10.4. The molecule has 2 unspecified atom stereocenters. The number of alkyl halides is 1. The maximum absolute atomic E-state index is 15.8. The molecule has 1 saturated heterocycles. The fraction of sp³-hybridized carbons (Fsp3) is 0.400. The molecular formula is C20H22FN7O8P2S3. The molecule has 2 aliphatic rings. The van der Waals surface area contributed by atoms with E-state index < -0.39 is 50.4 Å². The van der Waals surface area contributed by atoms with Gasteiger partial charge in [0.2, 0.25) is 5.95 Å². The number of aromatic amines is 1. The molecule has 0 spiro atoms. The Bertz CT molecular complexity index is 1730. The zero-order valence-corrected chi connectivity index (χ0v) is 25.1. The number of thiazole rings is 1. The monoisotopic (exact) mass is 665 g/mol. The van der Waals surface area contributed by atoms with Crippen LogP contribution in [0.25, 0.3) is 21.6 Å². The minimum atomic E-state index is -4.25. The standard InChI is InChI=1S/C20H22FN7O8P2S3/c21-14-12-7-34-37(30,39)32-2-1-27-5-10(13-4-23-9-41-13)3-11(27)6-33-38(31,40)36-16(14)19(35-12)28-8-24-15-17(28)25-20(22)26-18(15)29/h3-5,8-9,12,14,16,19H,1-2,6-7H2,(H,30,39)(H,31,40)(H3,22,25,26,29)/t12-,14-,16-,19-,37?,38?/m1/s1. The minimum Gasteiger partial charge on any atom is -0.369 e. The fourth-order valence-electron chi connectivity index (χ4n) is 4.46. The van der Waals surface area contributed by atoms with E-state index in [-0.39, 0.29) is 36.9 Å². The number of nitrogens with zero attached hydrogens (tertiary/aromatic N) is 5. The lowest BCUT2D eigenvalue weighted by molar-refractivity contribution is -0.0444. The van der Waals surface area contributed by atoms with Crippen molar-refractivity contribution in [2.24, 2.45) is 0 Å². The number of fused-ring (bicyclic) bond motifs is 4. The number of ether oxygens (including phenoxy) is 1. The van der Waals surface area contributed by atoms with Gasteiger partial charge >= 0.3 is 13.6 Å². The van der Waals surface area contributed by atoms with Crippen molar-refractivity contribution in [3.63, 3.8) is 0 Å². The second-order valence-electron chi connectivity index (χ2n) is 8.97. The number of hydrogen-bond acceptors (Lipinski definition) is 13. The summed E-state index contributed by atoms with van der Waals surface area (Å²) in [5.74, 6) is -0.220. The Balaban J connectivity index is 1.35. The van der Waals surface area contributed by atoms with Gasteiger partial charge in [0.05, 0.1) is 36.5 Å². The van der Waals surface area contributed by atoms with Gasteiger partial charge in [0, 0.05) is 30.2 Å². The normalized spacial score (nSPS) is 31.5. The quantitative estimate of drug-likeness (QED) is 0.180. The predicted molar refractivity (Wildman–Crippen MR) is 152 cm³/mol. The van der Waals surface area contributed by atoms with E-state index in [9.17, 15) is 13.9 Å². The molecule has 15 nitrogen and oxygen atoms in total. The molecule has 0 amide bonds. The molecular weight excluding hydrogens is 643 g/mol. The number of imidazole rings is 1. The van der Waals surface area contributed by atoms with E-state index in [1.54, 1.807) is 28.5 Å². The zero-order valence-electron chi connectivity index (χ0n) is 20.7. The first-order valence-corrected chi connectivity index (χ1v) is 18.1. The average Bonchev–Trinajstić information content (AvgIpc) is 3.69. The summed E-state index contributed by atoms with van der Waals surface area (Å²) in [6.45, 7) is -8.88. The van der Waals surface area contributed by atoms with Crippen LogP contribution < -0.4 is 11.3 Å². The fourth-order valence-corrected chi connectivity index (χ4v) is 7.62. The van der Waals surface area contributed by atoms with E-state index in [4.69, 9.17) is 28.6 Å². The molecule has 6 rings (SSSR count). The third-order valence-electron chi connectivity index (χ3n) is 6.31. The highest BCUT2D eigenvalue weighted by Gasteiger charge is 2.51. The van der Waals surface area contributed by atoms with E-state index in [1.165, 1.54) is 22.2 Å². The first-order chi connectivity index (χ1) is 19.5. The van der Waals surface area contributed by atoms with Crippen LogP contribution in [0.15, 0.2) is 35.1 Å². The molecule has 6 heterocycles. The number of thiol groups is 2. The summed E-state index contributed by atoms with van der Waals surface area (Å²) in [6.07, 6.45) is -1.72. The van der Waals surface area contributed by atoms with Crippen molar-refractivity contribution in [2.75, 3.05) is 18.9 Å². The SMILES string of the molecule is Nc1nc2c(ncn2[C@@H]2O[C@@H]3COP(=O)(S)OCCn4cc(-c5cncs5)cc4COP(=O)(S)O[C@@H]2[C@@H]3F)c(=O)[nH]1. The minimum absolute atomic E-state index is 0.0421. The Morgan fingerprint density at radius 3 is 2.83 bits per heavy atom. The molecule has 0 aromatic carbocycles. The van der Waals surface area contributed by atoms with Crippen LogP contribution in [0.3, 0.4) is 0 Å². The number of hydrogen-bond donors (Lipinski definition) is 4. The molecule has 0 aliphatic carbocycles. The lowest BCUT2D eigenvalue weighted by Crippen LogP contribution is -2.31. The van der Waals surface area contributed by atoms with E-state index in [2.05, 4.69) is 44.4 Å². The number of nitrogen functional groups attached to an aromatic ring is 1. The number of nitrogens with two attached hydrogens (primary N) is 1. The second-order valence-corrected chi connectivity index (χ2v) is 15.7. The van der Waals surface area contributed by atoms with Crippen LogP contribution in [-0.2, 0) is 45.1 Å². The molecule has 4 aromatic heterocycles. The van der Waals surface area contributed by atoms with Crippen molar-refractivity contribution in [1.82, 2.24) is 29.1 Å². The van der Waals surface area contributed by atoms with Gasteiger partial charge in [-0.15, -0.1) is 11.3 Å². The van der Waals surface area contributed by atoms with Crippen LogP contribution in [0.4, 0.5) is 10.3 Å². The van der Waals surface area contributed by atoms with Gasteiger partial charge in [-0.3, -0.25) is 37.4 Å². The largest absolute Gasteiger partial charge is 0.387 e. The Morgan fingerprint density at radius 2 is 2.05 bits per heavy atom. The Morgan fingerprint density at radius 1 is 1.22 bits per heavy atom. The molecule has 4 aromatic rings. The predicted octanol–water partition coefficient (Wildman–Crippen LogP) is 3.59. The van der Waals surface area contributed by atoms with Crippen LogP contribution in [0, 0.1) is 0 Å². The smallest absolute Gasteiger partial charge is 0.369 e. The number of halogens is 1. The number of rotatable bonds is 2. The summed E-state index contributed by atoms with van der Waals surface area (Å²) < 4.78 is 72.8. The van der Waals surface area contributed by atoms with E-state index in [0.29, 0.717) is 5.69 Å². The highest BCUT2D eigenvalue weighted by molar-refractivity contribution is 8.44. The molecule has 6 atom stereocenters. The molecule has 41 heavy (non-hydrogen) atoms. The molecule has 220 valence electrons. The van der Waals surface area contributed by atoms with Crippen LogP contribution in [0.2, 0.25) is 0 Å². The average molecular weight is 666 g/mol. The summed E-state index contributed by atoms with van der Waals surface area (Å²) >= 11 is 9.52. The third kappa shape index (κ3) is 6.06. The van der Waals surface area contributed by atoms with Gasteiger partial charge in [0.1, 0.15) is 12.2 Å². The molecule has 0 saturated carbocycles. The molecule has 0 radical (unpaired) electrons. The molecule has 2 bridgehead atoms. The van der Waals surface area contributed by atoms with Gasteiger partial charge in [0.25, 0.3) is 5.56 Å². The van der Waals surface area contributed by atoms with Gasteiger partial charge in [-0.2, -0.15) is 4.98 Å². The van der Waals surface area contributed by atoms with Crippen molar-refractivity contribution < 1.29 is 36.4 Å². The molecule has 2 aliphatic heterocycles. The second kappa shape index (κ2) is 11.2. The summed E-state index contributed by atoms with van der Waals surface area (Å²) in [7, 11) is 0. The van der Waals surface area contributed by atoms with Crippen molar-refractivity contribution in [1.29, 1.82) is 0 Å². The van der Waals surface area contributed by atoms with Gasteiger partial charge in [-0.05, 0) is 6.07 Å². The Kier molecular flexibility index (Phi) is 7.95. The van der Waals surface area contributed by atoms with Crippen molar-refractivity contribution in [3.8, 4) is 10.4 Å².